The number of hydrogen-bond donors (Lipinski definition) is 1. The van der Waals surface area contributed by atoms with E-state index >= 15 is 0 Å². The summed E-state index contributed by atoms with van der Waals surface area (Å²) in [5, 5.41) is 0.955. The third kappa shape index (κ3) is 4.11. The molecule has 0 aliphatic rings. The summed E-state index contributed by atoms with van der Waals surface area (Å²) in [6, 6.07) is 9.61. The zero-order valence-corrected chi connectivity index (χ0v) is 12.7. The van der Waals surface area contributed by atoms with Crippen LogP contribution in [0, 0.1) is 5.92 Å². The Labute approximate surface area is 126 Å². The first-order valence-corrected chi connectivity index (χ1v) is 7.83. The van der Waals surface area contributed by atoms with Gasteiger partial charge in [0.05, 0.1) is 5.52 Å². The second kappa shape index (κ2) is 7.89. The van der Waals surface area contributed by atoms with Crippen LogP contribution in [-0.4, -0.2) is 17.3 Å². The highest BCUT2D eigenvalue weighted by atomic mass is 16.1. The first-order chi connectivity index (χ1) is 10.3. The van der Waals surface area contributed by atoms with Crippen LogP contribution in [0.2, 0.25) is 0 Å². The van der Waals surface area contributed by atoms with Gasteiger partial charge in [-0.2, -0.15) is 0 Å². The number of nitrogens with zero attached hydrogens (tertiary/aromatic N) is 1. The molecule has 0 fully saturated rings. The Hall–Kier alpha value is -1.74. The van der Waals surface area contributed by atoms with E-state index in [2.05, 4.69) is 11.9 Å². The van der Waals surface area contributed by atoms with Crippen LogP contribution < -0.4 is 5.73 Å². The Morgan fingerprint density at radius 2 is 2.05 bits per heavy atom. The standard InChI is InChI=1S/C18H24N2O/c1-2-5-14(11-12-19)9-10-18(21)16-6-3-8-17-15(16)7-4-13-20-17/h3-4,6-8,13-14H,2,5,9-12,19H2,1H3. The number of hydrogen-bond acceptors (Lipinski definition) is 3. The molecule has 0 bridgehead atoms. The van der Waals surface area contributed by atoms with Crippen LogP contribution in [0.25, 0.3) is 10.9 Å². The third-order valence-electron chi connectivity index (χ3n) is 4.00. The number of nitrogens with two attached hydrogens (primary N) is 1. The van der Waals surface area contributed by atoms with Crippen molar-refractivity contribution < 1.29 is 4.79 Å². The van der Waals surface area contributed by atoms with Crippen molar-refractivity contribution in [3.63, 3.8) is 0 Å². The summed E-state index contributed by atoms with van der Waals surface area (Å²) >= 11 is 0. The molecule has 2 rings (SSSR count). The van der Waals surface area contributed by atoms with E-state index in [0.717, 1.165) is 42.1 Å². The van der Waals surface area contributed by atoms with E-state index in [0.29, 0.717) is 18.9 Å². The predicted molar refractivity (Wildman–Crippen MR) is 87.4 cm³/mol. The van der Waals surface area contributed by atoms with Gasteiger partial charge in [0, 0.05) is 23.6 Å². The van der Waals surface area contributed by atoms with Crippen molar-refractivity contribution in [3.05, 3.63) is 42.1 Å². The second-order valence-electron chi connectivity index (χ2n) is 5.57. The molecule has 1 heterocycles. The zero-order valence-electron chi connectivity index (χ0n) is 12.7. The van der Waals surface area contributed by atoms with Gasteiger partial charge < -0.3 is 5.73 Å². The minimum absolute atomic E-state index is 0.215. The molecule has 0 aliphatic heterocycles. The van der Waals surface area contributed by atoms with Gasteiger partial charge in [-0.05, 0) is 37.4 Å². The molecule has 0 aliphatic carbocycles. The van der Waals surface area contributed by atoms with Crippen molar-refractivity contribution in [1.82, 2.24) is 4.98 Å². The number of rotatable bonds is 8. The highest BCUT2D eigenvalue weighted by molar-refractivity contribution is 6.07. The number of Topliss-reactive ketones (excluding diaryl/α,β-unsaturated/α-hetero) is 1. The number of aromatic nitrogens is 1. The predicted octanol–water partition coefficient (Wildman–Crippen LogP) is 3.96. The molecule has 0 saturated heterocycles. The molecular weight excluding hydrogens is 260 g/mol. The maximum absolute atomic E-state index is 12.5. The molecule has 1 aromatic carbocycles. The smallest absolute Gasteiger partial charge is 0.163 e. The molecule has 1 unspecified atom stereocenters. The van der Waals surface area contributed by atoms with Gasteiger partial charge in [-0.1, -0.05) is 38.0 Å². The molecule has 2 N–H and O–H groups in total. The van der Waals surface area contributed by atoms with Gasteiger partial charge in [-0.15, -0.1) is 0 Å². The van der Waals surface area contributed by atoms with Gasteiger partial charge in [0.1, 0.15) is 0 Å². The molecule has 0 amide bonds. The molecule has 0 spiro atoms. The van der Waals surface area contributed by atoms with E-state index in [-0.39, 0.29) is 5.78 Å². The largest absolute Gasteiger partial charge is 0.330 e. The molecule has 112 valence electrons. The van der Waals surface area contributed by atoms with E-state index in [1.807, 2.05) is 30.3 Å². The maximum atomic E-state index is 12.5. The van der Waals surface area contributed by atoms with Gasteiger partial charge in [0.2, 0.25) is 0 Å². The van der Waals surface area contributed by atoms with Crippen LogP contribution in [0.15, 0.2) is 36.5 Å². The van der Waals surface area contributed by atoms with Crippen molar-refractivity contribution in [2.75, 3.05) is 6.54 Å². The first kappa shape index (κ1) is 15.6. The van der Waals surface area contributed by atoms with E-state index in [9.17, 15) is 4.79 Å². The fourth-order valence-electron chi connectivity index (χ4n) is 2.89. The van der Waals surface area contributed by atoms with Gasteiger partial charge in [0.15, 0.2) is 5.78 Å². The van der Waals surface area contributed by atoms with Crippen molar-refractivity contribution in [3.8, 4) is 0 Å². The lowest BCUT2D eigenvalue weighted by atomic mass is 9.91. The monoisotopic (exact) mass is 284 g/mol. The fraction of sp³-hybridized carbons (Fsp3) is 0.444. The summed E-state index contributed by atoms with van der Waals surface area (Å²) in [7, 11) is 0. The van der Waals surface area contributed by atoms with E-state index in [1.165, 1.54) is 0 Å². The van der Waals surface area contributed by atoms with Crippen molar-refractivity contribution >= 4 is 16.7 Å². The maximum Gasteiger partial charge on any atom is 0.163 e. The molecule has 21 heavy (non-hydrogen) atoms. The van der Waals surface area contributed by atoms with Crippen LogP contribution in [0.4, 0.5) is 0 Å². The number of benzene rings is 1. The van der Waals surface area contributed by atoms with Crippen LogP contribution in [0.1, 0.15) is 49.4 Å². The Balaban J connectivity index is 2.08. The highest BCUT2D eigenvalue weighted by Gasteiger charge is 2.13. The van der Waals surface area contributed by atoms with Crippen LogP contribution in [0.5, 0.6) is 0 Å². The van der Waals surface area contributed by atoms with Crippen LogP contribution >= 0.6 is 0 Å². The number of pyridine rings is 1. The van der Waals surface area contributed by atoms with Crippen molar-refractivity contribution in [2.45, 2.75) is 39.0 Å². The molecule has 0 radical (unpaired) electrons. The summed E-state index contributed by atoms with van der Waals surface area (Å²) in [5.41, 5.74) is 7.34. The summed E-state index contributed by atoms with van der Waals surface area (Å²) < 4.78 is 0. The molecule has 3 heteroatoms. The van der Waals surface area contributed by atoms with Gasteiger partial charge in [-0.3, -0.25) is 9.78 Å². The van der Waals surface area contributed by atoms with Crippen LogP contribution in [0.3, 0.4) is 0 Å². The summed E-state index contributed by atoms with van der Waals surface area (Å²) in [4.78, 5) is 16.8. The SMILES string of the molecule is CCCC(CCN)CCC(=O)c1cccc2ncccc12. The van der Waals surface area contributed by atoms with Gasteiger partial charge >= 0.3 is 0 Å². The quantitative estimate of drug-likeness (QED) is 0.746. The minimum atomic E-state index is 0.215. The van der Waals surface area contributed by atoms with Gasteiger partial charge in [-0.25, -0.2) is 0 Å². The average Bonchev–Trinajstić information content (AvgIpc) is 2.52. The number of carbonyl (C=O) groups is 1. The topological polar surface area (TPSA) is 56.0 Å². The lowest BCUT2D eigenvalue weighted by Gasteiger charge is -2.14. The van der Waals surface area contributed by atoms with Crippen LogP contribution in [-0.2, 0) is 0 Å². The summed E-state index contributed by atoms with van der Waals surface area (Å²) in [6.07, 6.45) is 6.60. The van der Waals surface area contributed by atoms with E-state index in [1.54, 1.807) is 6.20 Å². The van der Waals surface area contributed by atoms with Crippen molar-refractivity contribution in [2.24, 2.45) is 11.7 Å². The zero-order chi connectivity index (χ0) is 15.1. The highest BCUT2D eigenvalue weighted by Crippen LogP contribution is 2.22. The second-order valence-corrected chi connectivity index (χ2v) is 5.57. The number of carbonyl (C=O) groups excluding carboxylic acids is 1. The number of ketones is 1. The average molecular weight is 284 g/mol. The summed E-state index contributed by atoms with van der Waals surface area (Å²) in [6.45, 7) is 2.89. The molecular formula is C18H24N2O. The van der Waals surface area contributed by atoms with E-state index < -0.39 is 0 Å². The normalized spacial score (nSPS) is 12.5. The van der Waals surface area contributed by atoms with Gasteiger partial charge in [0.25, 0.3) is 0 Å². The van der Waals surface area contributed by atoms with E-state index in [4.69, 9.17) is 5.73 Å². The third-order valence-corrected chi connectivity index (χ3v) is 4.00. The number of fused-ring (bicyclic) bond motifs is 1. The fourth-order valence-corrected chi connectivity index (χ4v) is 2.89. The van der Waals surface area contributed by atoms with Crippen molar-refractivity contribution in [1.29, 1.82) is 0 Å². The summed E-state index contributed by atoms with van der Waals surface area (Å²) in [5.74, 6) is 0.781. The molecule has 1 atom stereocenters. The Bertz CT molecular complexity index is 583. The molecule has 3 nitrogen and oxygen atoms in total. The Morgan fingerprint density at radius 3 is 2.81 bits per heavy atom. The Morgan fingerprint density at radius 1 is 1.19 bits per heavy atom. The lowest BCUT2D eigenvalue weighted by Crippen LogP contribution is -2.11. The molecule has 1 aromatic heterocycles. The molecule has 0 saturated carbocycles. The minimum Gasteiger partial charge on any atom is -0.330 e. The molecule has 2 aromatic rings. The lowest BCUT2D eigenvalue weighted by molar-refractivity contribution is 0.0974. The first-order valence-electron chi connectivity index (χ1n) is 7.83. The Kier molecular flexibility index (Phi) is 5.88.